The molecule has 4 atom stereocenters. The third-order valence-corrected chi connectivity index (χ3v) is 2.98. The molecular weight excluding hydrogens is 264 g/mol. The van der Waals surface area contributed by atoms with E-state index in [9.17, 15) is 9.59 Å². The van der Waals surface area contributed by atoms with E-state index in [0.717, 1.165) is 25.4 Å². The second kappa shape index (κ2) is 6.85. The van der Waals surface area contributed by atoms with E-state index in [1.54, 1.807) is 13.8 Å². The van der Waals surface area contributed by atoms with Crippen molar-refractivity contribution < 1.29 is 28.5 Å². The predicted octanol–water partition coefficient (Wildman–Crippen LogP) is 0.984. The lowest BCUT2D eigenvalue weighted by Gasteiger charge is -2.10. The lowest BCUT2D eigenvalue weighted by Crippen LogP contribution is -2.17. The van der Waals surface area contributed by atoms with Crippen LogP contribution < -0.4 is 0 Å². The van der Waals surface area contributed by atoms with Gasteiger partial charge in [0.05, 0.1) is 25.4 Å². The summed E-state index contributed by atoms with van der Waals surface area (Å²) >= 11 is 0. The maximum atomic E-state index is 11.5. The molecule has 0 bridgehead atoms. The van der Waals surface area contributed by atoms with Crippen molar-refractivity contribution in [1.82, 2.24) is 0 Å². The molecule has 6 heteroatoms. The molecule has 2 aliphatic rings. The molecule has 4 unspecified atom stereocenters. The highest BCUT2D eigenvalue weighted by Gasteiger charge is 2.27. The lowest BCUT2D eigenvalue weighted by molar-refractivity contribution is -0.145. The number of hydrogen-bond donors (Lipinski definition) is 0. The van der Waals surface area contributed by atoms with Gasteiger partial charge in [-0.2, -0.15) is 0 Å². The van der Waals surface area contributed by atoms with Gasteiger partial charge in [0.25, 0.3) is 0 Å². The highest BCUT2D eigenvalue weighted by Crippen LogP contribution is 2.18. The van der Waals surface area contributed by atoms with Crippen molar-refractivity contribution in [3.63, 3.8) is 0 Å². The van der Waals surface area contributed by atoms with Crippen LogP contribution in [0.5, 0.6) is 0 Å². The molecule has 0 amide bonds. The molecule has 6 nitrogen and oxygen atoms in total. The number of hydrogen-bond acceptors (Lipinski definition) is 6. The van der Waals surface area contributed by atoms with Gasteiger partial charge in [0.15, 0.2) is 0 Å². The summed E-state index contributed by atoms with van der Waals surface area (Å²) in [6.07, 6.45) is 3.52. The molecule has 0 aromatic heterocycles. The maximum Gasteiger partial charge on any atom is 0.331 e. The van der Waals surface area contributed by atoms with Crippen LogP contribution in [-0.2, 0) is 28.5 Å². The minimum atomic E-state index is -0.548. The zero-order chi connectivity index (χ0) is 14.5. The largest absolute Gasteiger partial charge is 0.459 e. The van der Waals surface area contributed by atoms with Crippen LogP contribution in [0.1, 0.15) is 26.7 Å². The van der Waals surface area contributed by atoms with E-state index >= 15 is 0 Å². The highest BCUT2D eigenvalue weighted by atomic mass is 16.6. The van der Waals surface area contributed by atoms with E-state index in [4.69, 9.17) is 18.9 Å². The van der Waals surface area contributed by atoms with Gasteiger partial charge in [-0.05, 0) is 13.8 Å². The molecule has 0 spiro atoms. The van der Waals surface area contributed by atoms with Gasteiger partial charge in [-0.15, -0.1) is 0 Å². The summed E-state index contributed by atoms with van der Waals surface area (Å²) in [4.78, 5) is 22.9. The Labute approximate surface area is 118 Å². The van der Waals surface area contributed by atoms with Crippen molar-refractivity contribution in [2.24, 2.45) is 0 Å². The SMILES string of the molecule is CC(CC1CO1)OC(=O)/C=C\C(=O)OC(C)CC1CO1. The molecule has 0 radical (unpaired) electrons. The Morgan fingerprint density at radius 3 is 1.65 bits per heavy atom. The van der Waals surface area contributed by atoms with Crippen LogP contribution >= 0.6 is 0 Å². The number of rotatable bonds is 8. The summed E-state index contributed by atoms with van der Waals surface area (Å²) in [6, 6.07) is 0. The van der Waals surface area contributed by atoms with Crippen molar-refractivity contribution in [2.45, 2.75) is 51.1 Å². The Morgan fingerprint density at radius 1 is 1.00 bits per heavy atom. The maximum absolute atomic E-state index is 11.5. The van der Waals surface area contributed by atoms with E-state index in [-0.39, 0.29) is 24.4 Å². The summed E-state index contributed by atoms with van der Waals surface area (Å²) in [5.41, 5.74) is 0. The molecule has 2 aliphatic heterocycles. The summed E-state index contributed by atoms with van der Waals surface area (Å²) < 4.78 is 20.3. The normalized spacial score (nSPS) is 26.9. The molecule has 0 aromatic carbocycles. The minimum Gasteiger partial charge on any atom is -0.459 e. The van der Waals surface area contributed by atoms with Crippen LogP contribution in [0.4, 0.5) is 0 Å². The number of carbonyl (C=O) groups is 2. The van der Waals surface area contributed by atoms with Crippen molar-refractivity contribution >= 4 is 11.9 Å². The van der Waals surface area contributed by atoms with Gasteiger partial charge in [0, 0.05) is 25.0 Å². The van der Waals surface area contributed by atoms with Crippen LogP contribution in [0.2, 0.25) is 0 Å². The van der Waals surface area contributed by atoms with Crippen LogP contribution in [0, 0.1) is 0 Å². The number of carbonyl (C=O) groups excluding carboxylic acids is 2. The smallest absolute Gasteiger partial charge is 0.331 e. The minimum absolute atomic E-state index is 0.206. The van der Waals surface area contributed by atoms with Crippen molar-refractivity contribution in [3.8, 4) is 0 Å². The Kier molecular flexibility index (Phi) is 5.14. The second-order valence-corrected chi connectivity index (χ2v) is 5.21. The monoisotopic (exact) mass is 284 g/mol. The van der Waals surface area contributed by atoms with Crippen LogP contribution in [0.15, 0.2) is 12.2 Å². The molecule has 0 N–H and O–H groups in total. The average Bonchev–Trinajstić information content (AvgIpc) is 3.22. The third-order valence-electron chi connectivity index (χ3n) is 2.98. The zero-order valence-electron chi connectivity index (χ0n) is 11.7. The standard InChI is InChI=1S/C14H20O6/c1-9(5-11-7-17-11)19-13(15)3-4-14(16)20-10(2)6-12-8-18-12/h3-4,9-12H,5-8H2,1-2H3/b4-3-. The van der Waals surface area contributed by atoms with Gasteiger partial charge in [-0.1, -0.05) is 0 Å². The third kappa shape index (κ3) is 6.16. The van der Waals surface area contributed by atoms with Gasteiger partial charge in [-0.25, -0.2) is 9.59 Å². The highest BCUT2D eigenvalue weighted by molar-refractivity contribution is 5.91. The summed E-state index contributed by atoms with van der Waals surface area (Å²) in [5.74, 6) is -1.10. The summed E-state index contributed by atoms with van der Waals surface area (Å²) in [6.45, 7) is 5.05. The molecule has 2 heterocycles. The zero-order valence-corrected chi connectivity index (χ0v) is 11.7. The van der Waals surface area contributed by atoms with Gasteiger partial charge in [-0.3, -0.25) is 0 Å². The topological polar surface area (TPSA) is 77.7 Å². The molecule has 2 saturated heterocycles. The van der Waals surface area contributed by atoms with E-state index in [0.29, 0.717) is 12.8 Å². The molecule has 0 aromatic rings. The summed E-state index contributed by atoms with van der Waals surface area (Å²) in [7, 11) is 0. The van der Waals surface area contributed by atoms with Crippen LogP contribution in [0.3, 0.4) is 0 Å². The first-order valence-corrected chi connectivity index (χ1v) is 6.85. The van der Waals surface area contributed by atoms with Gasteiger partial charge in [0.1, 0.15) is 12.2 Å². The Bertz CT molecular complexity index is 347. The lowest BCUT2D eigenvalue weighted by atomic mass is 10.2. The molecule has 2 rings (SSSR count). The van der Waals surface area contributed by atoms with Crippen LogP contribution in [0.25, 0.3) is 0 Å². The Hall–Kier alpha value is -1.40. The Balaban J connectivity index is 1.61. The fourth-order valence-corrected chi connectivity index (χ4v) is 1.86. The van der Waals surface area contributed by atoms with E-state index in [1.165, 1.54) is 0 Å². The average molecular weight is 284 g/mol. The van der Waals surface area contributed by atoms with E-state index < -0.39 is 11.9 Å². The molecule has 112 valence electrons. The fourth-order valence-electron chi connectivity index (χ4n) is 1.86. The first-order chi connectivity index (χ1) is 9.52. The quantitative estimate of drug-likeness (QED) is 0.376. The molecule has 0 saturated carbocycles. The van der Waals surface area contributed by atoms with E-state index in [2.05, 4.69) is 0 Å². The molecule has 20 heavy (non-hydrogen) atoms. The first-order valence-electron chi connectivity index (χ1n) is 6.85. The van der Waals surface area contributed by atoms with Crippen molar-refractivity contribution in [2.75, 3.05) is 13.2 Å². The van der Waals surface area contributed by atoms with Gasteiger partial charge in [0.2, 0.25) is 0 Å². The Morgan fingerprint density at radius 2 is 1.35 bits per heavy atom. The number of ether oxygens (including phenoxy) is 4. The molecular formula is C14H20O6. The first kappa shape index (κ1) is 15.0. The molecule has 0 aliphatic carbocycles. The fraction of sp³-hybridized carbons (Fsp3) is 0.714. The number of esters is 2. The predicted molar refractivity (Wildman–Crippen MR) is 69.0 cm³/mol. The summed E-state index contributed by atoms with van der Waals surface area (Å²) in [5, 5.41) is 0. The molecule has 2 fully saturated rings. The number of epoxide rings is 2. The van der Waals surface area contributed by atoms with Crippen LogP contribution in [-0.4, -0.2) is 49.6 Å². The van der Waals surface area contributed by atoms with Gasteiger partial charge < -0.3 is 18.9 Å². The van der Waals surface area contributed by atoms with Crippen molar-refractivity contribution in [3.05, 3.63) is 12.2 Å². The van der Waals surface area contributed by atoms with Gasteiger partial charge >= 0.3 is 11.9 Å². The van der Waals surface area contributed by atoms with E-state index in [1.807, 2.05) is 0 Å². The van der Waals surface area contributed by atoms with Crippen molar-refractivity contribution in [1.29, 1.82) is 0 Å². The second-order valence-electron chi connectivity index (χ2n) is 5.21.